The van der Waals surface area contributed by atoms with Gasteiger partial charge in [-0.25, -0.2) is 9.48 Å². The number of nitrogens with one attached hydrogen (secondary N) is 1. The molecule has 7 heteroatoms. The van der Waals surface area contributed by atoms with Crippen LogP contribution < -0.4 is 5.32 Å². The lowest BCUT2D eigenvalue weighted by Crippen LogP contribution is -2.36. The number of hydrogen-bond acceptors (Lipinski definition) is 3. The second-order valence-electron chi connectivity index (χ2n) is 5.58. The Labute approximate surface area is 129 Å². The van der Waals surface area contributed by atoms with Crippen LogP contribution in [0.2, 0.25) is 10.2 Å². The Morgan fingerprint density at radius 3 is 2.45 bits per heavy atom. The lowest BCUT2D eigenvalue weighted by Gasteiger charge is -2.22. The molecule has 1 aromatic rings. The van der Waals surface area contributed by atoms with Gasteiger partial charge >= 0.3 is 6.09 Å². The summed E-state index contributed by atoms with van der Waals surface area (Å²) in [4.78, 5) is 11.6. The molecule has 0 fully saturated rings. The summed E-state index contributed by atoms with van der Waals surface area (Å²) in [6.07, 6.45) is 0.300. The van der Waals surface area contributed by atoms with Crippen LogP contribution in [0.5, 0.6) is 0 Å². The van der Waals surface area contributed by atoms with Gasteiger partial charge in [0.1, 0.15) is 15.8 Å². The van der Waals surface area contributed by atoms with Gasteiger partial charge in [-0.05, 0) is 34.1 Å². The second-order valence-corrected chi connectivity index (χ2v) is 6.32. The van der Waals surface area contributed by atoms with Gasteiger partial charge in [-0.2, -0.15) is 5.10 Å². The van der Waals surface area contributed by atoms with Crippen LogP contribution in [0.4, 0.5) is 4.79 Å². The second kappa shape index (κ2) is 6.68. The van der Waals surface area contributed by atoms with E-state index in [1.54, 1.807) is 11.6 Å². The van der Waals surface area contributed by atoms with Gasteiger partial charge in [-0.1, -0.05) is 30.1 Å². The summed E-state index contributed by atoms with van der Waals surface area (Å²) >= 11 is 12.2. The number of rotatable bonds is 4. The van der Waals surface area contributed by atoms with E-state index in [2.05, 4.69) is 10.4 Å². The Morgan fingerprint density at radius 2 is 2.05 bits per heavy atom. The van der Waals surface area contributed by atoms with Crippen molar-refractivity contribution < 1.29 is 9.53 Å². The lowest BCUT2D eigenvalue weighted by molar-refractivity contribution is 0.0519. The molecule has 5 nitrogen and oxygen atoms in total. The molecular formula is C13H21Cl2N3O2. The molecule has 0 aliphatic carbocycles. The Kier molecular flexibility index (Phi) is 5.71. The zero-order valence-electron chi connectivity index (χ0n) is 12.5. The molecule has 1 amide bonds. The van der Waals surface area contributed by atoms with Crippen LogP contribution >= 0.6 is 23.2 Å². The third-order valence-corrected chi connectivity index (χ3v) is 3.57. The molecule has 1 atom stereocenters. The molecule has 1 rings (SSSR count). The summed E-state index contributed by atoms with van der Waals surface area (Å²) in [5.74, 6) is 0. The molecule has 0 aliphatic rings. The Bertz CT molecular complexity index is 481. The maximum atomic E-state index is 11.6. The number of hydrogen-bond donors (Lipinski definition) is 1. The van der Waals surface area contributed by atoms with E-state index in [0.29, 0.717) is 22.4 Å². The van der Waals surface area contributed by atoms with E-state index in [4.69, 9.17) is 27.9 Å². The van der Waals surface area contributed by atoms with Crippen molar-refractivity contribution >= 4 is 29.3 Å². The van der Waals surface area contributed by atoms with Crippen molar-refractivity contribution in [2.45, 2.75) is 52.7 Å². The van der Waals surface area contributed by atoms with Gasteiger partial charge in [0, 0.05) is 6.54 Å². The zero-order valence-corrected chi connectivity index (χ0v) is 14.0. The minimum absolute atomic E-state index is 0.0683. The van der Waals surface area contributed by atoms with Crippen LogP contribution in [0, 0.1) is 6.92 Å². The molecule has 1 unspecified atom stereocenters. The monoisotopic (exact) mass is 321 g/mol. The average molecular weight is 322 g/mol. The number of nitrogens with zero attached hydrogens (tertiary/aromatic N) is 2. The highest BCUT2D eigenvalue weighted by Gasteiger charge is 2.20. The third-order valence-electron chi connectivity index (χ3n) is 2.66. The van der Waals surface area contributed by atoms with Gasteiger partial charge in [0.15, 0.2) is 0 Å². The fourth-order valence-corrected chi connectivity index (χ4v) is 2.10. The van der Waals surface area contributed by atoms with Crippen molar-refractivity contribution in [1.82, 2.24) is 15.1 Å². The number of ether oxygens (including phenoxy) is 1. The van der Waals surface area contributed by atoms with Crippen molar-refractivity contribution in [1.29, 1.82) is 0 Å². The number of halogens is 2. The summed E-state index contributed by atoms with van der Waals surface area (Å²) < 4.78 is 6.82. The molecule has 0 saturated carbocycles. The highest BCUT2D eigenvalue weighted by atomic mass is 35.5. The molecule has 0 radical (unpaired) electrons. The van der Waals surface area contributed by atoms with Crippen molar-refractivity contribution in [2.75, 3.05) is 6.54 Å². The van der Waals surface area contributed by atoms with E-state index in [1.807, 2.05) is 27.7 Å². The summed E-state index contributed by atoms with van der Waals surface area (Å²) in [5.41, 5.74) is 0.155. The first-order valence-corrected chi connectivity index (χ1v) is 7.28. The van der Waals surface area contributed by atoms with E-state index in [9.17, 15) is 4.79 Å². The van der Waals surface area contributed by atoms with E-state index in [-0.39, 0.29) is 6.04 Å². The smallest absolute Gasteiger partial charge is 0.407 e. The topological polar surface area (TPSA) is 56.1 Å². The molecule has 0 spiro atoms. The Morgan fingerprint density at radius 1 is 1.45 bits per heavy atom. The summed E-state index contributed by atoms with van der Waals surface area (Å²) in [5, 5.41) is 7.85. The molecule has 0 aliphatic heterocycles. The van der Waals surface area contributed by atoms with Crippen LogP contribution in [0.1, 0.15) is 45.9 Å². The Balaban J connectivity index is 2.69. The van der Waals surface area contributed by atoms with E-state index < -0.39 is 11.7 Å². The molecule has 0 aromatic carbocycles. The largest absolute Gasteiger partial charge is 0.444 e. The number of aromatic nitrogens is 2. The van der Waals surface area contributed by atoms with Crippen LogP contribution in [-0.4, -0.2) is 28.0 Å². The maximum absolute atomic E-state index is 11.6. The van der Waals surface area contributed by atoms with Crippen molar-refractivity contribution in [3.8, 4) is 0 Å². The fraction of sp³-hybridized carbons (Fsp3) is 0.692. The van der Waals surface area contributed by atoms with Crippen LogP contribution in [0.3, 0.4) is 0 Å². The fourth-order valence-electron chi connectivity index (χ4n) is 1.66. The lowest BCUT2D eigenvalue weighted by atomic mass is 10.2. The molecule has 1 aromatic heterocycles. The van der Waals surface area contributed by atoms with Gasteiger partial charge in [-0.15, -0.1) is 0 Å². The van der Waals surface area contributed by atoms with Crippen LogP contribution in [-0.2, 0) is 4.74 Å². The highest BCUT2D eigenvalue weighted by Crippen LogP contribution is 2.28. The predicted octanol–water partition coefficient (Wildman–Crippen LogP) is 3.97. The minimum atomic E-state index is -0.519. The third kappa shape index (κ3) is 4.56. The molecule has 0 saturated heterocycles. The molecule has 1 heterocycles. The minimum Gasteiger partial charge on any atom is -0.444 e. The van der Waals surface area contributed by atoms with E-state index >= 15 is 0 Å². The molecule has 0 bridgehead atoms. The number of carbonyl (C=O) groups is 1. The van der Waals surface area contributed by atoms with Gasteiger partial charge in [0.05, 0.1) is 11.7 Å². The molecule has 1 N–H and O–H groups in total. The van der Waals surface area contributed by atoms with E-state index in [0.717, 1.165) is 6.42 Å². The van der Waals surface area contributed by atoms with Crippen molar-refractivity contribution in [3.63, 3.8) is 0 Å². The van der Waals surface area contributed by atoms with Gasteiger partial charge in [-0.3, -0.25) is 0 Å². The first-order valence-electron chi connectivity index (χ1n) is 6.52. The maximum Gasteiger partial charge on any atom is 0.407 e. The van der Waals surface area contributed by atoms with Crippen LogP contribution in [0.15, 0.2) is 0 Å². The summed E-state index contributed by atoms with van der Waals surface area (Å²) in [6.45, 7) is 9.61. The number of carbonyl (C=O) groups excluding carboxylic acids is 1. The van der Waals surface area contributed by atoms with Gasteiger partial charge in [0.2, 0.25) is 0 Å². The quantitative estimate of drug-likeness (QED) is 0.912. The standard InChI is InChI=1S/C13H21Cl2N3O2/c1-6-9(7-16-12(19)20-13(3,4)5)18-11(15)10(14)8(2)17-18/h9H,6-7H2,1-5H3,(H,16,19). The first kappa shape index (κ1) is 17.1. The molecule has 20 heavy (non-hydrogen) atoms. The predicted molar refractivity (Wildman–Crippen MR) is 80.5 cm³/mol. The first-order chi connectivity index (χ1) is 9.15. The number of amides is 1. The zero-order chi connectivity index (χ0) is 15.5. The van der Waals surface area contributed by atoms with Gasteiger partial charge in [0.25, 0.3) is 0 Å². The normalized spacial score (nSPS) is 13.2. The van der Waals surface area contributed by atoms with Crippen LogP contribution in [0.25, 0.3) is 0 Å². The van der Waals surface area contributed by atoms with E-state index in [1.165, 1.54) is 0 Å². The Hall–Kier alpha value is -0.940. The SMILES string of the molecule is CCC(CNC(=O)OC(C)(C)C)n1nc(C)c(Cl)c1Cl. The number of aryl methyl sites for hydroxylation is 1. The van der Waals surface area contributed by atoms with Gasteiger partial charge < -0.3 is 10.1 Å². The van der Waals surface area contributed by atoms with Crippen molar-refractivity contribution in [2.24, 2.45) is 0 Å². The average Bonchev–Trinajstić information content (AvgIpc) is 2.56. The molecular weight excluding hydrogens is 301 g/mol. The number of alkyl carbamates (subject to hydrolysis) is 1. The highest BCUT2D eigenvalue weighted by molar-refractivity contribution is 6.41. The summed E-state index contributed by atoms with van der Waals surface area (Å²) in [7, 11) is 0. The summed E-state index contributed by atoms with van der Waals surface area (Å²) in [6, 6.07) is -0.0683. The molecule has 114 valence electrons. The van der Waals surface area contributed by atoms with Crippen molar-refractivity contribution in [3.05, 3.63) is 15.9 Å².